The molecule has 1 aromatic rings. The van der Waals surface area contributed by atoms with Gasteiger partial charge in [-0.1, -0.05) is 0 Å². The molecule has 0 saturated heterocycles. The molecule has 1 heterocycles. The smallest absolute Gasteiger partial charge is 0.328 e. The van der Waals surface area contributed by atoms with Gasteiger partial charge in [0.2, 0.25) is 0 Å². The zero-order chi connectivity index (χ0) is 13.3. The fourth-order valence-corrected chi connectivity index (χ4v) is 1.55. The molecule has 0 spiro atoms. The number of esters is 1. The molecule has 6 heteroatoms. The van der Waals surface area contributed by atoms with Crippen LogP contribution >= 0.6 is 15.9 Å². The first-order chi connectivity index (χ1) is 7.60. The van der Waals surface area contributed by atoms with Gasteiger partial charge in [0.15, 0.2) is 0 Å². The summed E-state index contributed by atoms with van der Waals surface area (Å²) in [6.07, 6.45) is 3.40. The van der Waals surface area contributed by atoms with Crippen molar-refractivity contribution in [3.63, 3.8) is 0 Å². The summed E-state index contributed by atoms with van der Waals surface area (Å²) in [6.45, 7) is 7.34. The summed E-state index contributed by atoms with van der Waals surface area (Å²) < 4.78 is 7.71. The largest absolute Gasteiger partial charge is 0.459 e. The number of halogens is 1. The number of hydrogen-bond donors (Lipinski definition) is 1. The Labute approximate surface area is 109 Å². The molecular weight excluding hydrogens is 286 g/mol. The molecule has 0 aliphatic rings. The quantitative estimate of drug-likeness (QED) is 0.863. The van der Waals surface area contributed by atoms with Crippen molar-refractivity contribution in [2.75, 3.05) is 0 Å². The third kappa shape index (κ3) is 4.47. The molecule has 0 saturated carbocycles. The van der Waals surface area contributed by atoms with Crippen molar-refractivity contribution in [1.29, 1.82) is 0 Å². The SMILES string of the molecule is CC(C)(C)OC(=O)C(C)(N)Cn1cc(Br)cn1. The second-order valence-electron chi connectivity index (χ2n) is 5.28. The van der Waals surface area contributed by atoms with Crippen LogP contribution in [0.3, 0.4) is 0 Å². The molecule has 17 heavy (non-hydrogen) atoms. The number of nitrogens with zero attached hydrogens (tertiary/aromatic N) is 2. The van der Waals surface area contributed by atoms with E-state index >= 15 is 0 Å². The molecule has 0 radical (unpaired) electrons. The summed E-state index contributed by atoms with van der Waals surface area (Å²) in [4.78, 5) is 11.9. The minimum Gasteiger partial charge on any atom is -0.459 e. The number of carbonyl (C=O) groups excluding carboxylic acids is 1. The summed E-state index contributed by atoms with van der Waals surface area (Å²) >= 11 is 3.29. The number of nitrogens with two attached hydrogens (primary N) is 1. The Hall–Kier alpha value is -0.880. The molecule has 0 fully saturated rings. The summed E-state index contributed by atoms with van der Waals surface area (Å²) in [5.41, 5.74) is 4.32. The van der Waals surface area contributed by atoms with Gasteiger partial charge in [0.1, 0.15) is 11.1 Å². The number of aromatic nitrogens is 2. The average Bonchev–Trinajstić information content (AvgIpc) is 2.47. The van der Waals surface area contributed by atoms with Crippen LogP contribution in [0.2, 0.25) is 0 Å². The maximum atomic E-state index is 11.9. The summed E-state index contributed by atoms with van der Waals surface area (Å²) in [5.74, 6) is -0.434. The highest BCUT2D eigenvalue weighted by molar-refractivity contribution is 9.10. The minimum absolute atomic E-state index is 0.271. The van der Waals surface area contributed by atoms with Crippen LogP contribution in [-0.4, -0.2) is 26.9 Å². The van der Waals surface area contributed by atoms with Crippen molar-refractivity contribution in [3.8, 4) is 0 Å². The Kier molecular flexibility index (Phi) is 3.99. The number of carbonyl (C=O) groups is 1. The maximum absolute atomic E-state index is 11.9. The Morgan fingerprint density at radius 2 is 2.12 bits per heavy atom. The van der Waals surface area contributed by atoms with Crippen molar-refractivity contribution in [1.82, 2.24) is 9.78 Å². The van der Waals surface area contributed by atoms with E-state index in [-0.39, 0.29) is 6.54 Å². The van der Waals surface area contributed by atoms with Crippen molar-refractivity contribution in [2.45, 2.75) is 45.4 Å². The van der Waals surface area contributed by atoms with Crippen LogP contribution in [0, 0.1) is 0 Å². The highest BCUT2D eigenvalue weighted by Crippen LogP contribution is 2.15. The van der Waals surface area contributed by atoms with Crippen LogP contribution in [0.15, 0.2) is 16.9 Å². The molecular formula is C11H18BrN3O2. The van der Waals surface area contributed by atoms with Crippen molar-refractivity contribution in [3.05, 3.63) is 16.9 Å². The van der Waals surface area contributed by atoms with E-state index in [4.69, 9.17) is 10.5 Å². The second-order valence-corrected chi connectivity index (χ2v) is 6.19. The Morgan fingerprint density at radius 1 is 1.53 bits per heavy atom. The van der Waals surface area contributed by atoms with E-state index in [1.807, 2.05) is 20.8 Å². The van der Waals surface area contributed by atoms with E-state index in [9.17, 15) is 4.79 Å². The van der Waals surface area contributed by atoms with Gasteiger partial charge in [0.25, 0.3) is 0 Å². The monoisotopic (exact) mass is 303 g/mol. The van der Waals surface area contributed by atoms with Crippen LogP contribution in [0.1, 0.15) is 27.7 Å². The van der Waals surface area contributed by atoms with Crippen LogP contribution in [0.5, 0.6) is 0 Å². The van der Waals surface area contributed by atoms with Crippen molar-refractivity contribution in [2.24, 2.45) is 5.73 Å². The van der Waals surface area contributed by atoms with Gasteiger partial charge in [-0.25, -0.2) is 4.79 Å². The van der Waals surface area contributed by atoms with Gasteiger partial charge in [-0.15, -0.1) is 0 Å². The van der Waals surface area contributed by atoms with Crippen LogP contribution in [0.4, 0.5) is 0 Å². The van der Waals surface area contributed by atoms with Gasteiger partial charge in [0.05, 0.1) is 17.2 Å². The minimum atomic E-state index is -1.10. The van der Waals surface area contributed by atoms with E-state index < -0.39 is 17.1 Å². The van der Waals surface area contributed by atoms with Gasteiger partial charge in [-0.2, -0.15) is 5.10 Å². The standard InChI is InChI=1S/C11H18BrN3O2/c1-10(2,3)17-9(16)11(4,13)7-15-6-8(12)5-14-15/h5-6H,7,13H2,1-4H3. The second kappa shape index (κ2) is 4.78. The average molecular weight is 304 g/mol. The first-order valence-corrected chi connectivity index (χ1v) is 6.10. The number of hydrogen-bond acceptors (Lipinski definition) is 4. The van der Waals surface area contributed by atoms with Crippen LogP contribution < -0.4 is 5.73 Å². The molecule has 1 unspecified atom stereocenters. The number of ether oxygens (including phenoxy) is 1. The van der Waals surface area contributed by atoms with E-state index in [0.29, 0.717) is 0 Å². The molecule has 0 aliphatic heterocycles. The lowest BCUT2D eigenvalue weighted by Gasteiger charge is -2.28. The van der Waals surface area contributed by atoms with Gasteiger partial charge in [-0.3, -0.25) is 4.68 Å². The molecule has 1 aromatic heterocycles. The van der Waals surface area contributed by atoms with Crippen LogP contribution in [0.25, 0.3) is 0 Å². The molecule has 0 aromatic carbocycles. The Morgan fingerprint density at radius 3 is 2.53 bits per heavy atom. The Bertz CT molecular complexity index is 407. The van der Waals surface area contributed by atoms with Crippen LogP contribution in [-0.2, 0) is 16.1 Å². The van der Waals surface area contributed by atoms with Crippen molar-refractivity contribution < 1.29 is 9.53 Å². The zero-order valence-corrected chi connectivity index (χ0v) is 12.1. The van der Waals surface area contributed by atoms with E-state index in [0.717, 1.165) is 4.47 Å². The summed E-state index contributed by atoms with van der Waals surface area (Å²) in [6, 6.07) is 0. The molecule has 0 aliphatic carbocycles. The molecule has 0 bridgehead atoms. The predicted octanol–water partition coefficient (Wildman–Crippen LogP) is 1.70. The lowest BCUT2D eigenvalue weighted by atomic mass is 10.0. The van der Waals surface area contributed by atoms with E-state index in [1.165, 1.54) is 0 Å². The van der Waals surface area contributed by atoms with Gasteiger partial charge in [0, 0.05) is 6.20 Å². The first kappa shape index (κ1) is 14.2. The fourth-order valence-electron chi connectivity index (χ4n) is 1.22. The zero-order valence-electron chi connectivity index (χ0n) is 10.5. The van der Waals surface area contributed by atoms with Gasteiger partial charge in [-0.05, 0) is 43.6 Å². The predicted molar refractivity (Wildman–Crippen MR) is 68.4 cm³/mol. The first-order valence-electron chi connectivity index (χ1n) is 5.30. The summed E-state index contributed by atoms with van der Waals surface area (Å²) in [5, 5.41) is 4.06. The van der Waals surface area contributed by atoms with Crippen molar-refractivity contribution >= 4 is 21.9 Å². The summed E-state index contributed by atoms with van der Waals surface area (Å²) in [7, 11) is 0. The van der Waals surface area contributed by atoms with E-state index in [2.05, 4.69) is 21.0 Å². The molecule has 1 atom stereocenters. The third-order valence-corrected chi connectivity index (χ3v) is 2.37. The molecule has 1 rings (SSSR count). The normalized spacial score (nSPS) is 15.4. The highest BCUT2D eigenvalue weighted by atomic mass is 79.9. The maximum Gasteiger partial charge on any atom is 0.328 e. The fraction of sp³-hybridized carbons (Fsp3) is 0.636. The molecule has 96 valence electrons. The lowest BCUT2D eigenvalue weighted by Crippen LogP contribution is -2.51. The molecule has 2 N–H and O–H groups in total. The third-order valence-electron chi connectivity index (χ3n) is 1.96. The molecule has 5 nitrogen and oxygen atoms in total. The lowest BCUT2D eigenvalue weighted by molar-refractivity contribution is -0.161. The topological polar surface area (TPSA) is 70.1 Å². The number of rotatable bonds is 3. The molecule has 0 amide bonds. The van der Waals surface area contributed by atoms with Gasteiger partial charge >= 0.3 is 5.97 Å². The highest BCUT2D eigenvalue weighted by Gasteiger charge is 2.34. The Balaban J connectivity index is 2.71. The van der Waals surface area contributed by atoms with E-state index in [1.54, 1.807) is 24.0 Å². The van der Waals surface area contributed by atoms with Gasteiger partial charge < -0.3 is 10.5 Å².